The van der Waals surface area contributed by atoms with Crippen LogP contribution in [-0.2, 0) is 30.4 Å². The molecule has 0 saturated carbocycles. The zero-order chi connectivity index (χ0) is 18.3. The van der Waals surface area contributed by atoms with Crippen molar-refractivity contribution in [3.05, 3.63) is 41.1 Å². The minimum atomic E-state index is -4.49. The zero-order valence-corrected chi connectivity index (χ0v) is 14.3. The summed E-state index contributed by atoms with van der Waals surface area (Å²) in [5, 5.41) is 3.78. The molecule has 0 bridgehead atoms. The zero-order valence-electron chi connectivity index (χ0n) is 14.3. The van der Waals surface area contributed by atoms with E-state index >= 15 is 0 Å². The fourth-order valence-electron chi connectivity index (χ4n) is 4.09. The molecule has 0 aromatic carbocycles. The normalized spacial score (nSPS) is 20.4. The number of carbonyl (C=O) groups excluding carboxylic acids is 1. The van der Waals surface area contributed by atoms with Gasteiger partial charge in [0, 0.05) is 17.8 Å². The summed E-state index contributed by atoms with van der Waals surface area (Å²) in [5.41, 5.74) is -0.00441. The third-order valence-electron chi connectivity index (χ3n) is 5.26. The molecule has 0 spiro atoms. The second-order valence-electron chi connectivity index (χ2n) is 6.90. The fraction of sp³-hybridized carbons (Fsp3) is 0.556. The minimum absolute atomic E-state index is 0.147. The van der Waals surface area contributed by atoms with Crippen molar-refractivity contribution in [1.29, 1.82) is 0 Å². The van der Waals surface area contributed by atoms with E-state index in [9.17, 15) is 18.0 Å². The molecule has 1 aliphatic carbocycles. The van der Waals surface area contributed by atoms with Gasteiger partial charge in [-0.1, -0.05) is 0 Å². The topological polar surface area (TPSA) is 51.3 Å². The molecular weight excluding hydrogens is 347 g/mol. The summed E-state index contributed by atoms with van der Waals surface area (Å²) in [6.45, 7) is 0.426. The third-order valence-corrected chi connectivity index (χ3v) is 5.26. The molecule has 8 heteroatoms. The van der Waals surface area contributed by atoms with Gasteiger partial charge in [0.2, 0.25) is 5.91 Å². The number of hydrogen-bond acceptors (Lipinski definition) is 3. The van der Waals surface area contributed by atoms with Crippen molar-refractivity contribution in [2.45, 2.75) is 57.3 Å². The standard InChI is InChI=1S/C18H20F3N3O2/c19-18(20,21)17-12-5-1-2-6-13(12)24(22-17)11-16(25)23-9-3-7-14(23)15-8-4-10-26-15/h4,8,10,14H,1-3,5-7,9,11H2/t14-/m0/s1. The Bertz CT molecular complexity index is 795. The SMILES string of the molecule is O=C(Cn1nc(C(F)(F)F)c2c1CCCC2)N1CCC[C@H]1c1ccco1. The molecule has 3 heterocycles. The van der Waals surface area contributed by atoms with E-state index in [-0.39, 0.29) is 24.1 Å². The van der Waals surface area contributed by atoms with Crippen LogP contribution in [0.15, 0.2) is 22.8 Å². The van der Waals surface area contributed by atoms with Gasteiger partial charge in [-0.15, -0.1) is 0 Å². The van der Waals surface area contributed by atoms with Gasteiger partial charge < -0.3 is 9.32 Å². The molecule has 1 fully saturated rings. The number of amides is 1. The summed E-state index contributed by atoms with van der Waals surface area (Å²) in [6.07, 6.45) is 1.18. The number of hydrogen-bond donors (Lipinski definition) is 0. The largest absolute Gasteiger partial charge is 0.467 e. The highest BCUT2D eigenvalue weighted by Gasteiger charge is 2.40. The first-order chi connectivity index (χ1) is 12.4. The van der Waals surface area contributed by atoms with E-state index in [0.29, 0.717) is 30.8 Å². The maximum absolute atomic E-state index is 13.3. The molecular formula is C18H20F3N3O2. The van der Waals surface area contributed by atoms with Crippen molar-refractivity contribution >= 4 is 5.91 Å². The predicted octanol–water partition coefficient (Wildman–Crippen LogP) is 3.74. The lowest BCUT2D eigenvalue weighted by atomic mass is 9.95. The molecule has 1 saturated heterocycles. The lowest BCUT2D eigenvalue weighted by molar-refractivity contribution is -0.142. The molecule has 2 aromatic rings. The second-order valence-corrected chi connectivity index (χ2v) is 6.90. The second kappa shape index (κ2) is 6.48. The molecule has 1 atom stereocenters. The molecule has 0 N–H and O–H groups in total. The van der Waals surface area contributed by atoms with Crippen LogP contribution in [0.2, 0.25) is 0 Å². The van der Waals surface area contributed by atoms with Crippen LogP contribution in [0, 0.1) is 0 Å². The number of furan rings is 1. The molecule has 4 rings (SSSR count). The van der Waals surface area contributed by atoms with E-state index in [4.69, 9.17) is 4.42 Å². The highest BCUT2D eigenvalue weighted by Crippen LogP contribution is 2.36. The Morgan fingerprint density at radius 3 is 2.81 bits per heavy atom. The van der Waals surface area contributed by atoms with E-state index in [2.05, 4.69) is 5.10 Å². The van der Waals surface area contributed by atoms with Gasteiger partial charge in [0.1, 0.15) is 12.3 Å². The molecule has 140 valence electrons. The number of aromatic nitrogens is 2. The first-order valence-electron chi connectivity index (χ1n) is 8.94. The Labute approximate surface area is 148 Å². The van der Waals surface area contributed by atoms with Crippen LogP contribution in [-0.4, -0.2) is 27.1 Å². The number of likely N-dealkylation sites (tertiary alicyclic amines) is 1. The highest BCUT2D eigenvalue weighted by molar-refractivity contribution is 5.77. The first-order valence-corrected chi connectivity index (χ1v) is 8.94. The van der Waals surface area contributed by atoms with Crippen molar-refractivity contribution in [1.82, 2.24) is 14.7 Å². The molecule has 0 radical (unpaired) electrons. The summed E-state index contributed by atoms with van der Waals surface area (Å²) in [7, 11) is 0. The van der Waals surface area contributed by atoms with E-state index in [0.717, 1.165) is 25.7 Å². The van der Waals surface area contributed by atoms with Crippen LogP contribution in [0.1, 0.15) is 54.4 Å². The van der Waals surface area contributed by atoms with Gasteiger partial charge in [-0.25, -0.2) is 0 Å². The predicted molar refractivity (Wildman–Crippen MR) is 86.3 cm³/mol. The Kier molecular flexibility index (Phi) is 4.28. The average Bonchev–Trinajstić information content (AvgIpc) is 3.33. The van der Waals surface area contributed by atoms with E-state index in [1.54, 1.807) is 17.2 Å². The van der Waals surface area contributed by atoms with Crippen LogP contribution >= 0.6 is 0 Å². The Hall–Kier alpha value is -2.25. The van der Waals surface area contributed by atoms with Gasteiger partial charge in [0.15, 0.2) is 5.69 Å². The number of fused-ring (bicyclic) bond motifs is 1. The minimum Gasteiger partial charge on any atom is -0.467 e. The number of nitrogens with zero attached hydrogens (tertiary/aromatic N) is 3. The lowest BCUT2D eigenvalue weighted by Gasteiger charge is -2.24. The van der Waals surface area contributed by atoms with Gasteiger partial charge >= 0.3 is 6.18 Å². The van der Waals surface area contributed by atoms with Crippen molar-refractivity contribution in [2.75, 3.05) is 6.54 Å². The van der Waals surface area contributed by atoms with Crippen LogP contribution in [0.3, 0.4) is 0 Å². The Morgan fingerprint density at radius 2 is 2.08 bits per heavy atom. The molecule has 1 aliphatic heterocycles. The van der Waals surface area contributed by atoms with Crippen molar-refractivity contribution in [3.8, 4) is 0 Å². The van der Waals surface area contributed by atoms with Crippen LogP contribution < -0.4 is 0 Å². The summed E-state index contributed by atoms with van der Waals surface area (Å²) < 4.78 is 46.6. The Balaban J connectivity index is 1.59. The molecule has 26 heavy (non-hydrogen) atoms. The van der Waals surface area contributed by atoms with Gasteiger partial charge in [-0.3, -0.25) is 9.48 Å². The average molecular weight is 367 g/mol. The van der Waals surface area contributed by atoms with Gasteiger partial charge in [0.05, 0.1) is 12.3 Å². The van der Waals surface area contributed by atoms with E-state index < -0.39 is 11.9 Å². The molecule has 5 nitrogen and oxygen atoms in total. The van der Waals surface area contributed by atoms with Crippen molar-refractivity contribution < 1.29 is 22.4 Å². The first kappa shape index (κ1) is 17.2. The quantitative estimate of drug-likeness (QED) is 0.831. The van der Waals surface area contributed by atoms with Crippen molar-refractivity contribution in [2.24, 2.45) is 0 Å². The summed E-state index contributed by atoms with van der Waals surface area (Å²) in [4.78, 5) is 14.5. The maximum atomic E-state index is 13.3. The number of carbonyl (C=O) groups is 1. The van der Waals surface area contributed by atoms with Gasteiger partial charge in [-0.05, 0) is 50.7 Å². The summed E-state index contributed by atoms with van der Waals surface area (Å²) in [6, 6.07) is 3.45. The van der Waals surface area contributed by atoms with Crippen LogP contribution in [0.5, 0.6) is 0 Å². The Morgan fingerprint density at radius 1 is 1.27 bits per heavy atom. The van der Waals surface area contributed by atoms with E-state index in [1.807, 2.05) is 6.07 Å². The smallest absolute Gasteiger partial charge is 0.435 e. The van der Waals surface area contributed by atoms with Crippen LogP contribution in [0.4, 0.5) is 13.2 Å². The lowest BCUT2D eigenvalue weighted by Crippen LogP contribution is -2.34. The third kappa shape index (κ3) is 3.01. The monoisotopic (exact) mass is 367 g/mol. The fourth-order valence-corrected chi connectivity index (χ4v) is 4.09. The van der Waals surface area contributed by atoms with Crippen molar-refractivity contribution in [3.63, 3.8) is 0 Å². The number of halogens is 3. The van der Waals surface area contributed by atoms with Gasteiger partial charge in [0.25, 0.3) is 0 Å². The number of rotatable bonds is 3. The number of alkyl halides is 3. The van der Waals surface area contributed by atoms with Crippen LogP contribution in [0.25, 0.3) is 0 Å². The molecule has 0 unspecified atom stereocenters. The van der Waals surface area contributed by atoms with Gasteiger partial charge in [-0.2, -0.15) is 18.3 Å². The maximum Gasteiger partial charge on any atom is 0.435 e. The summed E-state index contributed by atoms with van der Waals surface area (Å²) >= 11 is 0. The molecule has 2 aliphatic rings. The molecule has 1 amide bonds. The van der Waals surface area contributed by atoms with E-state index in [1.165, 1.54) is 4.68 Å². The molecule has 2 aromatic heterocycles. The summed E-state index contributed by atoms with van der Waals surface area (Å²) in [5.74, 6) is 0.503. The highest BCUT2D eigenvalue weighted by atomic mass is 19.4.